The maximum absolute atomic E-state index is 12.8. The van der Waals surface area contributed by atoms with Crippen molar-refractivity contribution < 1.29 is 19.1 Å². The molecule has 0 spiro atoms. The molecular formula is C20H27N3O4. The Morgan fingerprint density at radius 2 is 2.00 bits per heavy atom. The summed E-state index contributed by atoms with van der Waals surface area (Å²) in [6.07, 6.45) is 0.0854. The number of benzene rings is 1. The molecule has 146 valence electrons. The largest absolute Gasteiger partial charge is 0.459 e. The first kappa shape index (κ1) is 20.5. The molecule has 0 radical (unpaired) electrons. The Bertz CT molecular complexity index is 770. The molecule has 2 N–H and O–H groups in total. The number of carbonyl (C=O) groups is 3. The molecule has 1 unspecified atom stereocenters. The molecule has 3 amide bonds. The molecule has 0 bridgehead atoms. The molecule has 7 heteroatoms. The molecule has 2 rings (SSSR count). The van der Waals surface area contributed by atoms with Gasteiger partial charge in [0.25, 0.3) is 0 Å². The highest BCUT2D eigenvalue weighted by Crippen LogP contribution is 2.32. The smallest absolute Gasteiger partial charge is 0.338 e. The van der Waals surface area contributed by atoms with Crippen molar-refractivity contribution >= 4 is 23.6 Å². The fourth-order valence-electron chi connectivity index (χ4n) is 3.00. The lowest BCUT2D eigenvalue weighted by atomic mass is 9.94. The molecule has 1 aromatic rings. The van der Waals surface area contributed by atoms with Crippen LogP contribution in [0.3, 0.4) is 0 Å². The van der Waals surface area contributed by atoms with Crippen molar-refractivity contribution in [3.05, 3.63) is 41.1 Å². The highest BCUT2D eigenvalue weighted by molar-refractivity contribution is 5.95. The standard InChI is InChI=1S/C20H27N3O4/c1-6-16(24)21-15-10-8-9-14(11-15)18-17(19(25)27-12(3)4)13(5)23(7-2)20(26)22-18/h8-12,18H,6-7H2,1-5H3,(H,21,24)(H,22,26). The highest BCUT2D eigenvalue weighted by Gasteiger charge is 2.36. The molecule has 0 saturated carbocycles. The lowest BCUT2D eigenvalue weighted by Gasteiger charge is -2.35. The normalized spacial score (nSPS) is 17.0. The van der Waals surface area contributed by atoms with Crippen LogP contribution in [0.1, 0.15) is 52.6 Å². The van der Waals surface area contributed by atoms with Gasteiger partial charge in [0.05, 0.1) is 17.7 Å². The van der Waals surface area contributed by atoms with Gasteiger partial charge in [0.2, 0.25) is 5.91 Å². The highest BCUT2D eigenvalue weighted by atomic mass is 16.5. The number of rotatable bonds is 6. The van der Waals surface area contributed by atoms with Crippen LogP contribution >= 0.6 is 0 Å². The van der Waals surface area contributed by atoms with E-state index in [2.05, 4.69) is 10.6 Å². The van der Waals surface area contributed by atoms with E-state index < -0.39 is 12.0 Å². The number of nitrogens with one attached hydrogen (secondary N) is 2. The Morgan fingerprint density at radius 1 is 1.30 bits per heavy atom. The van der Waals surface area contributed by atoms with Gasteiger partial charge in [0, 0.05) is 24.4 Å². The van der Waals surface area contributed by atoms with Gasteiger partial charge in [-0.25, -0.2) is 9.59 Å². The van der Waals surface area contributed by atoms with Crippen molar-refractivity contribution in [1.82, 2.24) is 10.2 Å². The SMILES string of the molecule is CCC(=O)Nc1cccc(C2NC(=O)N(CC)C(C)=C2C(=O)OC(C)C)c1. The molecular weight excluding hydrogens is 346 g/mol. The van der Waals surface area contributed by atoms with Crippen LogP contribution in [0.5, 0.6) is 0 Å². The molecule has 0 saturated heterocycles. The van der Waals surface area contributed by atoms with Crippen LogP contribution in [0, 0.1) is 0 Å². The third kappa shape index (κ3) is 4.67. The Kier molecular flexibility index (Phi) is 6.60. The number of anilines is 1. The van der Waals surface area contributed by atoms with Crippen LogP contribution in [0.15, 0.2) is 35.5 Å². The summed E-state index contributed by atoms with van der Waals surface area (Å²) in [6, 6.07) is 6.19. The van der Waals surface area contributed by atoms with Gasteiger partial charge in [-0.15, -0.1) is 0 Å². The predicted molar refractivity (Wildman–Crippen MR) is 103 cm³/mol. The molecule has 1 aliphatic rings. The second-order valence-corrected chi connectivity index (χ2v) is 6.61. The number of carbonyl (C=O) groups excluding carboxylic acids is 3. The second kappa shape index (κ2) is 8.70. The summed E-state index contributed by atoms with van der Waals surface area (Å²) in [5, 5.41) is 5.67. The summed E-state index contributed by atoms with van der Waals surface area (Å²) in [5.41, 5.74) is 2.27. The van der Waals surface area contributed by atoms with Gasteiger partial charge in [0.15, 0.2) is 0 Å². The van der Waals surface area contributed by atoms with Crippen molar-refractivity contribution in [2.24, 2.45) is 0 Å². The van der Waals surface area contributed by atoms with E-state index in [0.29, 0.717) is 35.5 Å². The molecule has 7 nitrogen and oxygen atoms in total. The van der Waals surface area contributed by atoms with Crippen molar-refractivity contribution in [3.63, 3.8) is 0 Å². The first-order valence-electron chi connectivity index (χ1n) is 9.18. The lowest BCUT2D eigenvalue weighted by Crippen LogP contribution is -2.48. The minimum Gasteiger partial charge on any atom is -0.459 e. The third-order valence-electron chi connectivity index (χ3n) is 4.30. The van der Waals surface area contributed by atoms with E-state index in [9.17, 15) is 14.4 Å². The maximum Gasteiger partial charge on any atom is 0.338 e. The molecule has 27 heavy (non-hydrogen) atoms. The fourth-order valence-corrected chi connectivity index (χ4v) is 3.00. The number of urea groups is 1. The van der Waals surface area contributed by atoms with Gasteiger partial charge < -0.3 is 15.4 Å². The van der Waals surface area contributed by atoms with Crippen molar-refractivity contribution in [2.75, 3.05) is 11.9 Å². The number of ether oxygens (including phenoxy) is 1. The second-order valence-electron chi connectivity index (χ2n) is 6.61. The van der Waals surface area contributed by atoms with E-state index in [0.717, 1.165) is 0 Å². The zero-order valence-corrected chi connectivity index (χ0v) is 16.5. The van der Waals surface area contributed by atoms with E-state index in [1.165, 1.54) is 4.90 Å². The summed E-state index contributed by atoms with van der Waals surface area (Å²) in [6.45, 7) is 9.36. The Balaban J connectivity index is 2.47. The maximum atomic E-state index is 12.8. The minimum absolute atomic E-state index is 0.108. The van der Waals surface area contributed by atoms with Crippen LogP contribution in [-0.4, -0.2) is 35.5 Å². The molecule has 1 heterocycles. The Hall–Kier alpha value is -2.83. The molecule has 1 atom stereocenters. The van der Waals surface area contributed by atoms with E-state index in [-0.39, 0.29) is 18.0 Å². The van der Waals surface area contributed by atoms with Crippen LogP contribution in [-0.2, 0) is 14.3 Å². The van der Waals surface area contributed by atoms with Gasteiger partial charge in [-0.05, 0) is 45.4 Å². The van der Waals surface area contributed by atoms with E-state index >= 15 is 0 Å². The zero-order valence-electron chi connectivity index (χ0n) is 16.5. The van der Waals surface area contributed by atoms with Crippen molar-refractivity contribution in [1.29, 1.82) is 0 Å². The molecule has 0 fully saturated rings. The van der Waals surface area contributed by atoms with Gasteiger partial charge >= 0.3 is 12.0 Å². The van der Waals surface area contributed by atoms with Crippen molar-refractivity contribution in [3.8, 4) is 0 Å². The van der Waals surface area contributed by atoms with Crippen LogP contribution in [0.25, 0.3) is 0 Å². The predicted octanol–water partition coefficient (Wildman–Crippen LogP) is 3.35. The Morgan fingerprint density at radius 3 is 2.59 bits per heavy atom. The first-order chi connectivity index (χ1) is 12.8. The number of nitrogens with zero attached hydrogens (tertiary/aromatic N) is 1. The number of hydrogen-bond donors (Lipinski definition) is 2. The van der Waals surface area contributed by atoms with Crippen molar-refractivity contribution in [2.45, 2.75) is 53.2 Å². The van der Waals surface area contributed by atoms with E-state index in [1.807, 2.05) is 13.0 Å². The molecule has 0 aliphatic carbocycles. The topological polar surface area (TPSA) is 87.7 Å². The average molecular weight is 373 g/mol. The summed E-state index contributed by atoms with van der Waals surface area (Å²) in [4.78, 5) is 38.4. The molecule has 1 aliphatic heterocycles. The van der Waals surface area contributed by atoms with Crippen LogP contribution < -0.4 is 10.6 Å². The van der Waals surface area contributed by atoms with Gasteiger partial charge in [0.1, 0.15) is 0 Å². The van der Waals surface area contributed by atoms with Crippen LogP contribution in [0.4, 0.5) is 10.5 Å². The fraction of sp³-hybridized carbons (Fsp3) is 0.450. The van der Waals surface area contributed by atoms with Gasteiger partial charge in [-0.2, -0.15) is 0 Å². The van der Waals surface area contributed by atoms with E-state index in [1.54, 1.807) is 45.9 Å². The monoisotopic (exact) mass is 373 g/mol. The summed E-state index contributed by atoms with van der Waals surface area (Å²) in [7, 11) is 0. The number of amides is 3. The summed E-state index contributed by atoms with van der Waals surface area (Å²) >= 11 is 0. The Labute approximate surface area is 159 Å². The molecule has 0 aromatic heterocycles. The summed E-state index contributed by atoms with van der Waals surface area (Å²) in [5.74, 6) is -0.572. The zero-order chi connectivity index (χ0) is 20.1. The summed E-state index contributed by atoms with van der Waals surface area (Å²) < 4.78 is 5.41. The number of allylic oxidation sites excluding steroid dienone is 1. The lowest BCUT2D eigenvalue weighted by molar-refractivity contribution is -0.143. The minimum atomic E-state index is -0.648. The number of esters is 1. The van der Waals surface area contributed by atoms with E-state index in [4.69, 9.17) is 4.74 Å². The average Bonchev–Trinajstić information content (AvgIpc) is 2.60. The van der Waals surface area contributed by atoms with Gasteiger partial charge in [-0.1, -0.05) is 19.1 Å². The first-order valence-corrected chi connectivity index (χ1v) is 9.18. The molecule has 1 aromatic carbocycles. The van der Waals surface area contributed by atoms with Crippen LogP contribution in [0.2, 0.25) is 0 Å². The van der Waals surface area contributed by atoms with Gasteiger partial charge in [-0.3, -0.25) is 9.69 Å². The third-order valence-corrected chi connectivity index (χ3v) is 4.30. The quantitative estimate of drug-likeness (QED) is 0.749. The number of hydrogen-bond acceptors (Lipinski definition) is 4.